The Morgan fingerprint density at radius 1 is 1.18 bits per heavy atom. The minimum atomic E-state index is 0.0326. The van der Waals surface area contributed by atoms with Gasteiger partial charge in [-0.1, -0.05) is 20.8 Å². The summed E-state index contributed by atoms with van der Waals surface area (Å²) in [6.45, 7) is 6.75. The van der Waals surface area contributed by atoms with Crippen LogP contribution >= 0.6 is 0 Å². The SMILES string of the molecule is CC1(C=O)CC2C(C1)C2(C)C. The molecule has 0 aromatic carbocycles. The van der Waals surface area contributed by atoms with E-state index in [-0.39, 0.29) is 5.41 Å². The fourth-order valence-corrected chi connectivity index (χ4v) is 2.85. The van der Waals surface area contributed by atoms with Gasteiger partial charge in [0.15, 0.2) is 0 Å². The first kappa shape index (κ1) is 7.33. The van der Waals surface area contributed by atoms with Gasteiger partial charge in [0.1, 0.15) is 6.29 Å². The number of fused-ring (bicyclic) bond motifs is 1. The molecule has 1 nitrogen and oxygen atoms in total. The first-order valence-electron chi connectivity index (χ1n) is 4.46. The summed E-state index contributed by atoms with van der Waals surface area (Å²) in [6, 6.07) is 0. The van der Waals surface area contributed by atoms with Gasteiger partial charge in [0.25, 0.3) is 0 Å². The van der Waals surface area contributed by atoms with Crippen molar-refractivity contribution < 1.29 is 4.79 Å². The Labute approximate surface area is 68.2 Å². The third-order valence-electron chi connectivity index (χ3n) is 3.94. The van der Waals surface area contributed by atoms with E-state index in [4.69, 9.17) is 0 Å². The highest BCUT2D eigenvalue weighted by Gasteiger charge is 2.64. The van der Waals surface area contributed by atoms with Gasteiger partial charge >= 0.3 is 0 Å². The molecule has 0 N–H and O–H groups in total. The molecule has 0 amide bonds. The molecule has 0 saturated heterocycles. The largest absolute Gasteiger partial charge is 0.303 e. The van der Waals surface area contributed by atoms with Gasteiger partial charge < -0.3 is 4.79 Å². The molecular weight excluding hydrogens is 136 g/mol. The highest BCUT2D eigenvalue weighted by molar-refractivity contribution is 5.60. The molecular formula is C10H16O. The van der Waals surface area contributed by atoms with Crippen molar-refractivity contribution in [3.63, 3.8) is 0 Å². The van der Waals surface area contributed by atoms with Crippen LogP contribution in [0.15, 0.2) is 0 Å². The quantitative estimate of drug-likeness (QED) is 0.527. The van der Waals surface area contributed by atoms with E-state index in [9.17, 15) is 4.79 Å². The topological polar surface area (TPSA) is 17.1 Å². The third kappa shape index (κ3) is 0.800. The standard InChI is InChI=1S/C10H16O/c1-9(2)7-4-10(3,6-11)5-8(7)9/h6-8H,4-5H2,1-3H3. The van der Waals surface area contributed by atoms with Crippen molar-refractivity contribution in [2.45, 2.75) is 33.6 Å². The Morgan fingerprint density at radius 2 is 1.64 bits per heavy atom. The van der Waals surface area contributed by atoms with Crippen LogP contribution in [-0.4, -0.2) is 6.29 Å². The van der Waals surface area contributed by atoms with Gasteiger partial charge in [-0.3, -0.25) is 0 Å². The van der Waals surface area contributed by atoms with Gasteiger partial charge in [0, 0.05) is 5.41 Å². The summed E-state index contributed by atoms with van der Waals surface area (Å²) >= 11 is 0. The van der Waals surface area contributed by atoms with E-state index >= 15 is 0 Å². The number of rotatable bonds is 1. The Bertz CT molecular complexity index is 191. The number of carbonyl (C=O) groups is 1. The predicted octanol–water partition coefficient (Wildman–Crippen LogP) is 2.26. The fourth-order valence-electron chi connectivity index (χ4n) is 2.85. The summed E-state index contributed by atoms with van der Waals surface area (Å²) in [6.07, 6.45) is 3.43. The molecule has 2 aliphatic carbocycles. The molecule has 0 aromatic rings. The molecule has 2 saturated carbocycles. The summed E-state index contributed by atoms with van der Waals surface area (Å²) in [5.74, 6) is 1.69. The highest BCUT2D eigenvalue weighted by atomic mass is 16.1. The molecule has 2 unspecified atom stereocenters. The minimum absolute atomic E-state index is 0.0326. The molecule has 0 aliphatic heterocycles. The van der Waals surface area contributed by atoms with Gasteiger partial charge in [-0.25, -0.2) is 0 Å². The number of carbonyl (C=O) groups excluding carboxylic acids is 1. The van der Waals surface area contributed by atoms with Crippen molar-refractivity contribution in [2.24, 2.45) is 22.7 Å². The Morgan fingerprint density at radius 3 is 2.00 bits per heavy atom. The molecule has 0 aromatic heterocycles. The van der Waals surface area contributed by atoms with Crippen LogP contribution in [0.25, 0.3) is 0 Å². The Hall–Kier alpha value is -0.330. The monoisotopic (exact) mass is 152 g/mol. The molecule has 0 spiro atoms. The van der Waals surface area contributed by atoms with Crippen molar-refractivity contribution >= 4 is 6.29 Å². The van der Waals surface area contributed by atoms with E-state index in [1.165, 1.54) is 0 Å². The highest BCUT2D eigenvalue weighted by Crippen LogP contribution is 2.70. The lowest BCUT2D eigenvalue weighted by Gasteiger charge is -2.21. The minimum Gasteiger partial charge on any atom is -0.303 e. The van der Waals surface area contributed by atoms with E-state index in [1.807, 2.05) is 0 Å². The average Bonchev–Trinajstić information content (AvgIpc) is 2.31. The maximum atomic E-state index is 10.7. The first-order chi connectivity index (χ1) is 4.99. The summed E-state index contributed by atoms with van der Waals surface area (Å²) in [7, 11) is 0. The van der Waals surface area contributed by atoms with Crippen LogP contribution < -0.4 is 0 Å². The van der Waals surface area contributed by atoms with Crippen molar-refractivity contribution in [3.05, 3.63) is 0 Å². The lowest BCUT2D eigenvalue weighted by Crippen LogP contribution is -2.18. The van der Waals surface area contributed by atoms with Crippen LogP contribution in [-0.2, 0) is 4.79 Å². The van der Waals surface area contributed by atoms with Gasteiger partial charge in [-0.15, -0.1) is 0 Å². The number of hydrogen-bond acceptors (Lipinski definition) is 1. The predicted molar refractivity (Wildman–Crippen MR) is 44.2 cm³/mol. The van der Waals surface area contributed by atoms with Crippen molar-refractivity contribution in [1.82, 2.24) is 0 Å². The van der Waals surface area contributed by atoms with E-state index < -0.39 is 0 Å². The molecule has 11 heavy (non-hydrogen) atoms. The Balaban J connectivity index is 2.10. The van der Waals surface area contributed by atoms with Gasteiger partial charge in [-0.05, 0) is 30.1 Å². The molecule has 2 rings (SSSR count). The molecule has 1 heteroatoms. The van der Waals surface area contributed by atoms with Gasteiger partial charge in [-0.2, -0.15) is 0 Å². The second-order valence-corrected chi connectivity index (χ2v) is 5.21. The van der Waals surface area contributed by atoms with Crippen LogP contribution in [0, 0.1) is 22.7 Å². The average molecular weight is 152 g/mol. The van der Waals surface area contributed by atoms with Crippen LogP contribution in [0.1, 0.15) is 33.6 Å². The lowest BCUT2D eigenvalue weighted by molar-refractivity contribution is -0.115. The van der Waals surface area contributed by atoms with E-state index in [0.29, 0.717) is 5.41 Å². The zero-order valence-electron chi connectivity index (χ0n) is 7.55. The Kier molecular flexibility index (Phi) is 1.13. The second kappa shape index (κ2) is 1.70. The summed E-state index contributed by atoms with van der Waals surface area (Å²) < 4.78 is 0. The lowest BCUT2D eigenvalue weighted by atomic mass is 9.82. The van der Waals surface area contributed by atoms with Crippen LogP contribution in [0.3, 0.4) is 0 Å². The summed E-state index contributed by atoms with van der Waals surface area (Å²) in [5.41, 5.74) is 0.591. The molecule has 62 valence electrons. The second-order valence-electron chi connectivity index (χ2n) is 5.21. The number of aldehydes is 1. The fraction of sp³-hybridized carbons (Fsp3) is 0.900. The smallest absolute Gasteiger partial charge is 0.125 e. The van der Waals surface area contributed by atoms with E-state index in [0.717, 1.165) is 31.0 Å². The maximum absolute atomic E-state index is 10.7. The molecule has 0 radical (unpaired) electrons. The third-order valence-corrected chi connectivity index (χ3v) is 3.94. The van der Waals surface area contributed by atoms with Crippen molar-refractivity contribution in [3.8, 4) is 0 Å². The number of hydrogen-bond donors (Lipinski definition) is 0. The molecule has 2 fully saturated rings. The van der Waals surface area contributed by atoms with Crippen molar-refractivity contribution in [1.29, 1.82) is 0 Å². The molecule has 0 bridgehead atoms. The van der Waals surface area contributed by atoms with Gasteiger partial charge in [0.05, 0.1) is 0 Å². The van der Waals surface area contributed by atoms with Crippen LogP contribution in [0.4, 0.5) is 0 Å². The molecule has 2 atom stereocenters. The summed E-state index contributed by atoms with van der Waals surface area (Å²) in [5, 5.41) is 0. The zero-order valence-corrected chi connectivity index (χ0v) is 7.55. The van der Waals surface area contributed by atoms with E-state index in [1.54, 1.807) is 0 Å². The van der Waals surface area contributed by atoms with Crippen LogP contribution in [0.5, 0.6) is 0 Å². The molecule has 0 heterocycles. The first-order valence-corrected chi connectivity index (χ1v) is 4.46. The van der Waals surface area contributed by atoms with E-state index in [2.05, 4.69) is 20.8 Å². The van der Waals surface area contributed by atoms with Crippen molar-refractivity contribution in [2.75, 3.05) is 0 Å². The summed E-state index contributed by atoms with van der Waals surface area (Å²) in [4.78, 5) is 10.7. The van der Waals surface area contributed by atoms with Crippen LogP contribution in [0.2, 0.25) is 0 Å². The molecule has 2 aliphatic rings. The van der Waals surface area contributed by atoms with Gasteiger partial charge in [0.2, 0.25) is 0 Å². The normalized spacial score (nSPS) is 51.9. The maximum Gasteiger partial charge on any atom is 0.125 e. The zero-order chi connectivity index (χ0) is 8.28.